The fraction of sp³-hybridized carbons (Fsp3) is 0.318. The lowest BCUT2D eigenvalue weighted by atomic mass is 10.0. The molecule has 0 aliphatic rings. The molecule has 0 bridgehead atoms. The third-order valence-corrected chi connectivity index (χ3v) is 5.00. The van der Waals surface area contributed by atoms with Crippen LogP contribution in [0.5, 0.6) is 5.75 Å². The molecule has 1 unspecified atom stereocenters. The maximum atomic E-state index is 12.9. The number of aromatic nitrogens is 4. The Labute approximate surface area is 169 Å². The van der Waals surface area contributed by atoms with Crippen molar-refractivity contribution in [1.82, 2.24) is 24.5 Å². The van der Waals surface area contributed by atoms with Gasteiger partial charge >= 0.3 is 0 Å². The van der Waals surface area contributed by atoms with E-state index in [1.165, 1.54) is 0 Å². The molecule has 3 aromatic heterocycles. The highest BCUT2D eigenvalue weighted by Crippen LogP contribution is 2.26. The van der Waals surface area contributed by atoms with Crippen molar-refractivity contribution in [3.63, 3.8) is 0 Å². The van der Waals surface area contributed by atoms with Crippen molar-refractivity contribution in [2.45, 2.75) is 32.9 Å². The quantitative estimate of drug-likeness (QED) is 0.522. The van der Waals surface area contributed by atoms with E-state index in [1.807, 2.05) is 63.8 Å². The van der Waals surface area contributed by atoms with E-state index < -0.39 is 0 Å². The number of amides is 1. The molecule has 1 amide bonds. The lowest BCUT2D eigenvalue weighted by Crippen LogP contribution is -2.33. The smallest absolute Gasteiger partial charge is 0.240 e. The minimum atomic E-state index is -0.212. The zero-order chi connectivity index (χ0) is 20.4. The van der Waals surface area contributed by atoms with Gasteiger partial charge in [-0.3, -0.25) is 9.20 Å². The molecule has 4 aromatic rings. The average molecular weight is 391 g/mol. The first-order chi connectivity index (χ1) is 14.1. The van der Waals surface area contributed by atoms with Gasteiger partial charge in [0, 0.05) is 17.8 Å². The lowest BCUT2D eigenvalue weighted by molar-refractivity contribution is -0.122. The van der Waals surface area contributed by atoms with Gasteiger partial charge in [0.2, 0.25) is 5.91 Å². The summed E-state index contributed by atoms with van der Waals surface area (Å²) in [7, 11) is 1.65. The molecule has 29 heavy (non-hydrogen) atoms. The predicted octanol–water partition coefficient (Wildman–Crippen LogP) is 3.60. The summed E-state index contributed by atoms with van der Waals surface area (Å²) in [6.07, 6.45) is 4.62. The van der Waals surface area contributed by atoms with Crippen LogP contribution >= 0.6 is 0 Å². The van der Waals surface area contributed by atoms with Gasteiger partial charge in [-0.1, -0.05) is 26.0 Å². The molecule has 7 heteroatoms. The Bertz CT molecular complexity index is 1140. The SMILES string of the molecule is COc1cccc2c1ccn2CC(=O)NC(CC(C)C)c1nnc2ccccn12. The topological polar surface area (TPSA) is 73.4 Å². The molecule has 7 nitrogen and oxygen atoms in total. The number of carbonyl (C=O) groups excluding carboxylic acids is 1. The summed E-state index contributed by atoms with van der Waals surface area (Å²) >= 11 is 0. The number of nitrogens with zero attached hydrogens (tertiary/aromatic N) is 4. The zero-order valence-corrected chi connectivity index (χ0v) is 16.9. The summed E-state index contributed by atoms with van der Waals surface area (Å²) in [6, 6.07) is 13.4. The van der Waals surface area contributed by atoms with E-state index in [4.69, 9.17) is 4.74 Å². The van der Waals surface area contributed by atoms with Crippen molar-refractivity contribution < 1.29 is 9.53 Å². The van der Waals surface area contributed by atoms with E-state index in [2.05, 4.69) is 29.4 Å². The molecule has 3 heterocycles. The fourth-order valence-corrected chi connectivity index (χ4v) is 3.70. The molecule has 150 valence electrons. The number of pyridine rings is 1. The van der Waals surface area contributed by atoms with Gasteiger partial charge in [-0.25, -0.2) is 0 Å². The summed E-state index contributed by atoms with van der Waals surface area (Å²) < 4.78 is 9.28. The zero-order valence-electron chi connectivity index (χ0n) is 16.9. The number of benzene rings is 1. The highest BCUT2D eigenvalue weighted by molar-refractivity contribution is 5.88. The third kappa shape index (κ3) is 3.81. The predicted molar refractivity (Wildman–Crippen MR) is 112 cm³/mol. The Balaban J connectivity index is 1.58. The van der Waals surface area contributed by atoms with Crippen LogP contribution in [-0.4, -0.2) is 32.2 Å². The first-order valence-corrected chi connectivity index (χ1v) is 9.77. The second-order valence-corrected chi connectivity index (χ2v) is 7.57. The van der Waals surface area contributed by atoms with Crippen LogP contribution in [0, 0.1) is 5.92 Å². The number of carbonyl (C=O) groups is 1. The van der Waals surface area contributed by atoms with E-state index >= 15 is 0 Å². The molecule has 0 aliphatic heterocycles. The molecular weight excluding hydrogens is 366 g/mol. The van der Waals surface area contributed by atoms with Gasteiger partial charge in [-0.15, -0.1) is 10.2 Å². The molecule has 0 fully saturated rings. The molecule has 0 spiro atoms. The average Bonchev–Trinajstić information content (AvgIpc) is 3.31. The summed E-state index contributed by atoms with van der Waals surface area (Å²) in [5, 5.41) is 12.7. The lowest BCUT2D eigenvalue weighted by Gasteiger charge is -2.19. The van der Waals surface area contributed by atoms with E-state index in [-0.39, 0.29) is 18.5 Å². The summed E-state index contributed by atoms with van der Waals surface area (Å²) in [4.78, 5) is 12.9. The molecule has 0 saturated carbocycles. The van der Waals surface area contributed by atoms with Gasteiger partial charge in [0.15, 0.2) is 11.5 Å². The highest BCUT2D eigenvalue weighted by Gasteiger charge is 2.22. The molecule has 1 aromatic carbocycles. The minimum Gasteiger partial charge on any atom is -0.496 e. The monoisotopic (exact) mass is 391 g/mol. The first-order valence-electron chi connectivity index (χ1n) is 9.77. The number of fused-ring (bicyclic) bond motifs is 2. The van der Waals surface area contributed by atoms with Crippen LogP contribution < -0.4 is 10.1 Å². The first kappa shape index (κ1) is 19.0. The normalized spacial score (nSPS) is 12.6. The Morgan fingerprint density at radius 2 is 1.97 bits per heavy atom. The van der Waals surface area contributed by atoms with Gasteiger partial charge in [0.05, 0.1) is 18.7 Å². The minimum absolute atomic E-state index is 0.0661. The van der Waals surface area contributed by atoms with Crippen molar-refractivity contribution in [3.8, 4) is 5.75 Å². The number of nitrogens with one attached hydrogen (secondary N) is 1. The van der Waals surface area contributed by atoms with Crippen molar-refractivity contribution in [3.05, 3.63) is 60.7 Å². The molecule has 0 saturated heterocycles. The Hall–Kier alpha value is -3.35. The molecule has 1 atom stereocenters. The standard InChI is InChI=1S/C22H25N5O2/c1-15(2)13-17(22-25-24-20-9-4-5-11-27(20)22)23-21(28)14-26-12-10-16-18(26)7-6-8-19(16)29-3/h4-12,15,17H,13-14H2,1-3H3,(H,23,28). The van der Waals surface area contributed by atoms with Crippen LogP contribution in [0.15, 0.2) is 54.9 Å². The van der Waals surface area contributed by atoms with Crippen LogP contribution in [0.3, 0.4) is 0 Å². The van der Waals surface area contributed by atoms with E-state index in [9.17, 15) is 4.79 Å². The van der Waals surface area contributed by atoms with E-state index in [0.717, 1.165) is 34.5 Å². The molecule has 4 rings (SSSR count). The maximum absolute atomic E-state index is 12.9. The molecular formula is C22H25N5O2. The van der Waals surface area contributed by atoms with Crippen LogP contribution in [0.4, 0.5) is 0 Å². The Morgan fingerprint density at radius 1 is 1.10 bits per heavy atom. The summed E-state index contributed by atoms with van der Waals surface area (Å²) in [5.74, 6) is 1.88. The van der Waals surface area contributed by atoms with Crippen molar-refractivity contribution in [1.29, 1.82) is 0 Å². The van der Waals surface area contributed by atoms with Gasteiger partial charge in [0.25, 0.3) is 0 Å². The van der Waals surface area contributed by atoms with Crippen molar-refractivity contribution in [2.24, 2.45) is 5.92 Å². The van der Waals surface area contributed by atoms with Crippen LogP contribution in [0.2, 0.25) is 0 Å². The number of methoxy groups -OCH3 is 1. The van der Waals surface area contributed by atoms with Crippen LogP contribution in [0.1, 0.15) is 32.1 Å². The second-order valence-electron chi connectivity index (χ2n) is 7.57. The highest BCUT2D eigenvalue weighted by atomic mass is 16.5. The number of ether oxygens (including phenoxy) is 1. The largest absolute Gasteiger partial charge is 0.496 e. The van der Waals surface area contributed by atoms with Gasteiger partial charge in [0.1, 0.15) is 12.3 Å². The Morgan fingerprint density at radius 3 is 2.76 bits per heavy atom. The number of rotatable bonds is 7. The van der Waals surface area contributed by atoms with Gasteiger partial charge in [-0.2, -0.15) is 0 Å². The van der Waals surface area contributed by atoms with Crippen molar-refractivity contribution >= 4 is 22.5 Å². The van der Waals surface area contributed by atoms with Crippen molar-refractivity contribution in [2.75, 3.05) is 7.11 Å². The third-order valence-electron chi connectivity index (χ3n) is 5.00. The summed E-state index contributed by atoms with van der Waals surface area (Å²) in [5.41, 5.74) is 1.74. The van der Waals surface area contributed by atoms with Crippen LogP contribution in [-0.2, 0) is 11.3 Å². The van der Waals surface area contributed by atoms with Gasteiger partial charge < -0.3 is 14.6 Å². The molecule has 0 radical (unpaired) electrons. The molecule has 0 aliphatic carbocycles. The van der Waals surface area contributed by atoms with Gasteiger partial charge in [-0.05, 0) is 42.7 Å². The van der Waals surface area contributed by atoms with E-state index in [0.29, 0.717) is 5.92 Å². The van der Waals surface area contributed by atoms with E-state index in [1.54, 1.807) is 7.11 Å². The maximum Gasteiger partial charge on any atom is 0.240 e. The van der Waals surface area contributed by atoms with Crippen LogP contribution in [0.25, 0.3) is 16.6 Å². The fourth-order valence-electron chi connectivity index (χ4n) is 3.70. The molecule has 1 N–H and O–H groups in total. The summed E-state index contributed by atoms with van der Waals surface area (Å²) in [6.45, 7) is 4.49. The number of hydrogen-bond donors (Lipinski definition) is 1. The number of hydrogen-bond acceptors (Lipinski definition) is 4. The Kier molecular flexibility index (Phi) is 5.20. The second kappa shape index (κ2) is 7.95.